The third kappa shape index (κ3) is 3.56. The molecule has 168 valence electrons. The number of hydrogen-bond donors (Lipinski definition) is 2. The lowest BCUT2D eigenvalue weighted by Crippen LogP contribution is -2.58. The van der Waals surface area contributed by atoms with E-state index in [0.29, 0.717) is 17.9 Å². The maximum absolute atomic E-state index is 13.6. The first-order chi connectivity index (χ1) is 15.6. The Morgan fingerprint density at radius 1 is 1.22 bits per heavy atom. The van der Waals surface area contributed by atoms with Gasteiger partial charge < -0.3 is 20.3 Å². The van der Waals surface area contributed by atoms with Crippen molar-refractivity contribution in [3.05, 3.63) is 64.7 Å². The van der Waals surface area contributed by atoms with Gasteiger partial charge in [-0.2, -0.15) is 0 Å². The van der Waals surface area contributed by atoms with Crippen molar-refractivity contribution in [2.24, 2.45) is 5.92 Å². The van der Waals surface area contributed by atoms with Gasteiger partial charge in [-0.1, -0.05) is 36.4 Å². The lowest BCUT2D eigenvalue weighted by molar-refractivity contribution is -0.145. The summed E-state index contributed by atoms with van der Waals surface area (Å²) >= 11 is 0. The first-order valence-corrected chi connectivity index (χ1v) is 11.7. The maximum atomic E-state index is 13.6. The van der Waals surface area contributed by atoms with Crippen LogP contribution in [0.3, 0.4) is 0 Å². The molecule has 2 amide bonds. The molecule has 3 heterocycles. The predicted octanol–water partition coefficient (Wildman–Crippen LogP) is 3.38. The van der Waals surface area contributed by atoms with Crippen molar-refractivity contribution in [3.63, 3.8) is 0 Å². The van der Waals surface area contributed by atoms with Crippen molar-refractivity contribution >= 4 is 11.8 Å². The summed E-state index contributed by atoms with van der Waals surface area (Å²) in [4.78, 5) is 29.0. The molecule has 0 aliphatic carbocycles. The topological polar surface area (TPSA) is 70.7 Å². The molecule has 6 nitrogen and oxygen atoms in total. The third-order valence-electron chi connectivity index (χ3n) is 7.38. The average molecular weight is 434 g/mol. The minimum Gasteiger partial charge on any atom is -0.496 e. The van der Waals surface area contributed by atoms with Crippen molar-refractivity contribution in [1.29, 1.82) is 0 Å². The van der Waals surface area contributed by atoms with Gasteiger partial charge in [-0.3, -0.25) is 9.59 Å². The van der Waals surface area contributed by atoms with Crippen LogP contribution in [0.15, 0.2) is 42.5 Å². The Bertz CT molecular complexity index is 1020. The number of fused-ring (bicyclic) bond motifs is 4. The van der Waals surface area contributed by atoms with E-state index in [2.05, 4.69) is 16.7 Å². The van der Waals surface area contributed by atoms with Gasteiger partial charge in [0.25, 0.3) is 5.91 Å². The molecule has 6 heteroatoms. The maximum Gasteiger partial charge on any atom is 0.255 e. The summed E-state index contributed by atoms with van der Waals surface area (Å²) in [5, 5.41) is 6.73. The number of rotatable bonds is 4. The fourth-order valence-corrected chi connectivity index (χ4v) is 5.75. The zero-order valence-electron chi connectivity index (χ0n) is 18.8. The number of carbonyl (C=O) groups is 2. The summed E-state index contributed by atoms with van der Waals surface area (Å²) in [6, 6.07) is 13.8. The van der Waals surface area contributed by atoms with E-state index < -0.39 is 0 Å². The van der Waals surface area contributed by atoms with Gasteiger partial charge in [0.2, 0.25) is 5.91 Å². The molecule has 2 fully saturated rings. The lowest BCUT2D eigenvalue weighted by atomic mass is 9.75. The van der Waals surface area contributed by atoms with Crippen LogP contribution >= 0.6 is 0 Å². The zero-order chi connectivity index (χ0) is 22.2. The monoisotopic (exact) mass is 433 g/mol. The second kappa shape index (κ2) is 8.58. The minimum absolute atomic E-state index is 0.0579. The molecule has 5 rings (SSSR count). The number of hydrogen-bond acceptors (Lipinski definition) is 4. The Morgan fingerprint density at radius 2 is 2.03 bits per heavy atom. The summed E-state index contributed by atoms with van der Waals surface area (Å²) in [6.07, 6.45) is 3.60. The number of amides is 2. The lowest BCUT2D eigenvalue weighted by Gasteiger charge is -2.49. The molecular formula is C26H31N3O3. The molecule has 3 aliphatic heterocycles. The van der Waals surface area contributed by atoms with Crippen molar-refractivity contribution in [1.82, 2.24) is 15.5 Å². The SMILES string of the molecule is COc1ccc2c(c1C(=O)NC(C)c1ccccc1)[C@@H]1C[C@H]3NCCC[C@H]3C(=O)N1CC2. The highest BCUT2D eigenvalue weighted by Crippen LogP contribution is 2.44. The molecule has 3 aliphatic rings. The first kappa shape index (κ1) is 21.0. The van der Waals surface area contributed by atoms with Gasteiger partial charge in [-0.05, 0) is 61.9 Å². The molecule has 32 heavy (non-hydrogen) atoms. The Kier molecular flexibility index (Phi) is 5.64. The number of methoxy groups -OCH3 is 1. The standard InChI is InChI=1S/C26H31N3O3/c1-16(17-7-4-3-5-8-17)28-25(30)24-22(32-2)11-10-18-12-14-29-21(23(18)24)15-20-19(26(29)31)9-6-13-27-20/h3-5,7-8,10-11,16,19-21,27H,6,9,12-15H2,1-2H3,(H,28,30)/t16?,19-,20-,21+/m1/s1. The number of piperidine rings is 2. The van der Waals surface area contributed by atoms with Crippen LogP contribution < -0.4 is 15.4 Å². The van der Waals surface area contributed by atoms with E-state index in [1.165, 1.54) is 0 Å². The van der Waals surface area contributed by atoms with Gasteiger partial charge in [0.1, 0.15) is 5.75 Å². The average Bonchev–Trinajstić information content (AvgIpc) is 2.83. The summed E-state index contributed by atoms with van der Waals surface area (Å²) < 4.78 is 5.65. The number of benzene rings is 2. The molecule has 2 saturated heterocycles. The quantitative estimate of drug-likeness (QED) is 0.776. The Morgan fingerprint density at radius 3 is 2.81 bits per heavy atom. The molecule has 4 atom stereocenters. The first-order valence-electron chi connectivity index (χ1n) is 11.7. The van der Waals surface area contributed by atoms with Crippen LogP contribution in [0.25, 0.3) is 0 Å². The fraction of sp³-hybridized carbons (Fsp3) is 0.462. The van der Waals surface area contributed by atoms with E-state index >= 15 is 0 Å². The predicted molar refractivity (Wildman–Crippen MR) is 123 cm³/mol. The molecule has 0 saturated carbocycles. The summed E-state index contributed by atoms with van der Waals surface area (Å²) in [5.41, 5.74) is 3.73. The molecule has 0 spiro atoms. The molecule has 2 N–H and O–H groups in total. The summed E-state index contributed by atoms with van der Waals surface area (Å²) in [5.74, 6) is 0.705. The zero-order valence-corrected chi connectivity index (χ0v) is 18.8. The van der Waals surface area contributed by atoms with Gasteiger partial charge in [0, 0.05) is 12.6 Å². The van der Waals surface area contributed by atoms with Crippen LogP contribution in [0.2, 0.25) is 0 Å². The molecular weight excluding hydrogens is 402 g/mol. The third-order valence-corrected chi connectivity index (χ3v) is 7.38. The Hall–Kier alpha value is -2.86. The number of nitrogens with zero attached hydrogens (tertiary/aromatic N) is 1. The number of ether oxygens (including phenoxy) is 1. The fourth-order valence-electron chi connectivity index (χ4n) is 5.75. The molecule has 1 unspecified atom stereocenters. The van der Waals surface area contributed by atoms with Gasteiger partial charge in [-0.25, -0.2) is 0 Å². The highest BCUT2D eigenvalue weighted by atomic mass is 16.5. The van der Waals surface area contributed by atoms with E-state index in [9.17, 15) is 9.59 Å². The second-order valence-electron chi connectivity index (χ2n) is 9.16. The van der Waals surface area contributed by atoms with Crippen LogP contribution in [0.5, 0.6) is 5.75 Å². The van der Waals surface area contributed by atoms with Gasteiger partial charge >= 0.3 is 0 Å². The van der Waals surface area contributed by atoms with Crippen LogP contribution in [-0.2, 0) is 11.2 Å². The molecule has 2 aromatic carbocycles. The largest absolute Gasteiger partial charge is 0.496 e. The van der Waals surface area contributed by atoms with E-state index in [-0.39, 0.29) is 35.9 Å². The minimum atomic E-state index is -0.150. The van der Waals surface area contributed by atoms with Crippen molar-refractivity contribution < 1.29 is 14.3 Å². The number of nitrogens with one attached hydrogen (secondary N) is 2. The molecule has 0 aromatic heterocycles. The molecule has 2 aromatic rings. The van der Waals surface area contributed by atoms with Crippen LogP contribution in [-0.4, -0.2) is 43.0 Å². The smallest absolute Gasteiger partial charge is 0.255 e. The van der Waals surface area contributed by atoms with E-state index in [4.69, 9.17) is 4.74 Å². The molecule has 0 bridgehead atoms. The van der Waals surface area contributed by atoms with Gasteiger partial charge in [0.05, 0.1) is 30.7 Å². The van der Waals surface area contributed by atoms with Crippen LogP contribution in [0.4, 0.5) is 0 Å². The van der Waals surface area contributed by atoms with Gasteiger partial charge in [0.15, 0.2) is 0 Å². The van der Waals surface area contributed by atoms with E-state index in [1.54, 1.807) is 7.11 Å². The van der Waals surface area contributed by atoms with Crippen molar-refractivity contribution in [3.8, 4) is 5.75 Å². The molecule has 0 radical (unpaired) electrons. The van der Waals surface area contributed by atoms with Crippen LogP contribution in [0.1, 0.15) is 65.3 Å². The van der Waals surface area contributed by atoms with Crippen LogP contribution in [0, 0.1) is 5.92 Å². The van der Waals surface area contributed by atoms with E-state index in [0.717, 1.165) is 48.9 Å². The Labute approximate surface area is 189 Å². The number of carbonyl (C=O) groups excluding carboxylic acids is 2. The van der Waals surface area contributed by atoms with Gasteiger partial charge in [-0.15, -0.1) is 0 Å². The summed E-state index contributed by atoms with van der Waals surface area (Å²) in [7, 11) is 1.60. The summed E-state index contributed by atoms with van der Waals surface area (Å²) in [6.45, 7) is 3.66. The highest BCUT2D eigenvalue weighted by molar-refractivity contribution is 5.99. The van der Waals surface area contributed by atoms with Crippen molar-refractivity contribution in [2.75, 3.05) is 20.2 Å². The second-order valence-corrected chi connectivity index (χ2v) is 9.16. The van der Waals surface area contributed by atoms with Crippen molar-refractivity contribution in [2.45, 2.75) is 50.7 Å². The Balaban J connectivity index is 1.52. The highest BCUT2D eigenvalue weighted by Gasteiger charge is 2.46. The van der Waals surface area contributed by atoms with E-state index in [1.807, 2.05) is 48.2 Å². The normalized spacial score (nSPS) is 25.2.